The fraction of sp³-hybridized carbons (Fsp3) is 0.240. The summed E-state index contributed by atoms with van der Waals surface area (Å²) in [6.45, 7) is 2.18. The van der Waals surface area contributed by atoms with Crippen molar-refractivity contribution in [1.29, 1.82) is 0 Å². The van der Waals surface area contributed by atoms with E-state index in [-0.39, 0.29) is 5.91 Å². The number of hydrogen-bond donors (Lipinski definition) is 1. The van der Waals surface area contributed by atoms with Crippen LogP contribution < -0.4 is 4.74 Å². The van der Waals surface area contributed by atoms with Crippen LogP contribution in [0.2, 0.25) is 0 Å². The third kappa shape index (κ3) is 4.14. The van der Waals surface area contributed by atoms with Crippen molar-refractivity contribution in [2.75, 3.05) is 19.7 Å². The van der Waals surface area contributed by atoms with Crippen LogP contribution in [0.5, 0.6) is 5.75 Å². The highest BCUT2D eigenvalue weighted by Crippen LogP contribution is 2.28. The Kier molecular flexibility index (Phi) is 5.35. The van der Waals surface area contributed by atoms with Crippen LogP contribution in [0.3, 0.4) is 0 Å². The molecule has 6 heteroatoms. The van der Waals surface area contributed by atoms with Gasteiger partial charge in [0.1, 0.15) is 11.6 Å². The van der Waals surface area contributed by atoms with Gasteiger partial charge in [0.05, 0.1) is 23.4 Å². The van der Waals surface area contributed by atoms with Gasteiger partial charge < -0.3 is 14.6 Å². The molecule has 1 aliphatic rings. The van der Waals surface area contributed by atoms with Crippen LogP contribution in [0.1, 0.15) is 29.0 Å². The van der Waals surface area contributed by atoms with Crippen molar-refractivity contribution in [3.8, 4) is 17.0 Å². The van der Waals surface area contributed by atoms with Crippen molar-refractivity contribution < 1.29 is 9.53 Å². The van der Waals surface area contributed by atoms with E-state index < -0.39 is 0 Å². The van der Waals surface area contributed by atoms with Crippen molar-refractivity contribution in [2.24, 2.45) is 0 Å². The molecule has 0 bridgehead atoms. The number of carbonyl (C=O) groups is 1. The number of H-pyrrole nitrogens is 1. The molecule has 0 radical (unpaired) electrons. The number of pyridine rings is 1. The number of amides is 1. The maximum atomic E-state index is 13.2. The molecule has 2 aromatic heterocycles. The number of benzene rings is 2. The maximum Gasteiger partial charge on any atom is 0.254 e. The molecule has 1 N–H and O–H groups in total. The Balaban J connectivity index is 1.45. The lowest BCUT2D eigenvalue weighted by Gasteiger charge is -2.17. The summed E-state index contributed by atoms with van der Waals surface area (Å²) in [6, 6.07) is 17.6. The van der Waals surface area contributed by atoms with Gasteiger partial charge in [0, 0.05) is 42.9 Å². The highest BCUT2D eigenvalue weighted by molar-refractivity contribution is 6.07. The second-order valence-electron chi connectivity index (χ2n) is 7.73. The van der Waals surface area contributed by atoms with E-state index in [1.807, 2.05) is 65.7 Å². The van der Waals surface area contributed by atoms with E-state index in [1.54, 1.807) is 6.20 Å². The van der Waals surface area contributed by atoms with Crippen LogP contribution in [0.15, 0.2) is 67.0 Å². The normalized spacial score (nSPS) is 13.6. The summed E-state index contributed by atoms with van der Waals surface area (Å²) in [7, 11) is 0. The van der Waals surface area contributed by atoms with E-state index in [0.29, 0.717) is 18.6 Å². The molecule has 1 saturated heterocycles. The molecule has 6 nitrogen and oxygen atoms in total. The lowest BCUT2D eigenvalue weighted by atomic mass is 10.0. The van der Waals surface area contributed by atoms with Crippen molar-refractivity contribution in [3.05, 3.63) is 78.4 Å². The summed E-state index contributed by atoms with van der Waals surface area (Å²) in [4.78, 5) is 27.3. The number of hydrogen-bond acceptors (Lipinski definition) is 4. The molecule has 1 amide bonds. The number of para-hydroxylation sites is 1. The predicted octanol–water partition coefficient (Wildman–Crippen LogP) is 4.48. The standard InChI is InChI=1S/C25H24N4O2/c30-25(29-13-3-4-14-29)21-17-23(28-22-9-2-1-8-20(21)22)18-6-5-7-19(16-18)31-15-10-24-26-11-12-27-24/h1-2,5-9,11-12,16-17H,3-4,10,13-15H2,(H,26,27). The van der Waals surface area contributed by atoms with Crippen LogP contribution in [-0.2, 0) is 6.42 Å². The van der Waals surface area contributed by atoms with Crippen molar-refractivity contribution in [3.63, 3.8) is 0 Å². The molecule has 31 heavy (non-hydrogen) atoms. The molecule has 3 heterocycles. The first-order valence-corrected chi connectivity index (χ1v) is 10.7. The van der Waals surface area contributed by atoms with Crippen LogP contribution in [0.4, 0.5) is 0 Å². The first-order chi connectivity index (χ1) is 15.3. The summed E-state index contributed by atoms with van der Waals surface area (Å²) in [5.41, 5.74) is 3.24. The van der Waals surface area contributed by atoms with E-state index in [2.05, 4.69) is 9.97 Å². The smallest absolute Gasteiger partial charge is 0.254 e. The zero-order valence-corrected chi connectivity index (χ0v) is 17.3. The Hall–Kier alpha value is -3.67. The molecule has 0 aliphatic carbocycles. The second-order valence-corrected chi connectivity index (χ2v) is 7.73. The monoisotopic (exact) mass is 412 g/mol. The molecule has 0 saturated carbocycles. The largest absolute Gasteiger partial charge is 0.493 e. The van der Waals surface area contributed by atoms with Crippen LogP contribution in [0, 0.1) is 0 Å². The summed E-state index contributed by atoms with van der Waals surface area (Å²) in [5, 5.41) is 0.897. The molecule has 1 aliphatic heterocycles. The van der Waals surface area contributed by atoms with Gasteiger partial charge in [-0.05, 0) is 37.1 Å². The number of nitrogens with zero attached hydrogens (tertiary/aromatic N) is 3. The van der Waals surface area contributed by atoms with Gasteiger partial charge in [0.15, 0.2) is 0 Å². The number of aromatic nitrogens is 3. The molecular weight excluding hydrogens is 388 g/mol. The zero-order valence-electron chi connectivity index (χ0n) is 17.3. The Morgan fingerprint density at radius 1 is 1.06 bits per heavy atom. The Labute approximate surface area is 180 Å². The van der Waals surface area contributed by atoms with E-state index in [0.717, 1.165) is 59.7 Å². The van der Waals surface area contributed by atoms with Gasteiger partial charge in [-0.2, -0.15) is 0 Å². The topological polar surface area (TPSA) is 71.1 Å². The maximum absolute atomic E-state index is 13.2. The summed E-state index contributed by atoms with van der Waals surface area (Å²) < 4.78 is 5.92. The lowest BCUT2D eigenvalue weighted by molar-refractivity contribution is 0.0794. The number of rotatable bonds is 6. The minimum absolute atomic E-state index is 0.0863. The van der Waals surface area contributed by atoms with Gasteiger partial charge in [-0.25, -0.2) is 9.97 Å². The molecule has 0 atom stereocenters. The Morgan fingerprint density at radius 2 is 1.94 bits per heavy atom. The fourth-order valence-corrected chi connectivity index (χ4v) is 4.04. The van der Waals surface area contributed by atoms with Crippen molar-refractivity contribution >= 4 is 16.8 Å². The van der Waals surface area contributed by atoms with Crippen LogP contribution in [0.25, 0.3) is 22.2 Å². The third-order valence-electron chi connectivity index (χ3n) is 5.63. The second kappa shape index (κ2) is 8.60. The minimum Gasteiger partial charge on any atom is -0.493 e. The quantitative estimate of drug-likeness (QED) is 0.507. The average molecular weight is 412 g/mol. The Bertz CT molecular complexity index is 1200. The summed E-state index contributed by atoms with van der Waals surface area (Å²) >= 11 is 0. The average Bonchev–Trinajstić information content (AvgIpc) is 3.53. The number of ether oxygens (including phenoxy) is 1. The number of aromatic amines is 1. The van der Waals surface area contributed by atoms with E-state index in [9.17, 15) is 4.79 Å². The zero-order chi connectivity index (χ0) is 21.0. The molecule has 1 fully saturated rings. The van der Waals surface area contributed by atoms with Crippen LogP contribution >= 0.6 is 0 Å². The van der Waals surface area contributed by atoms with Gasteiger partial charge in [-0.1, -0.05) is 30.3 Å². The first kappa shape index (κ1) is 19.3. The number of likely N-dealkylation sites (tertiary alicyclic amines) is 1. The van der Waals surface area contributed by atoms with Crippen LogP contribution in [-0.4, -0.2) is 45.5 Å². The minimum atomic E-state index is 0.0863. The predicted molar refractivity (Wildman–Crippen MR) is 120 cm³/mol. The summed E-state index contributed by atoms with van der Waals surface area (Å²) in [5.74, 6) is 1.76. The van der Waals surface area contributed by atoms with E-state index >= 15 is 0 Å². The van der Waals surface area contributed by atoms with Crippen molar-refractivity contribution in [1.82, 2.24) is 19.9 Å². The van der Waals surface area contributed by atoms with Gasteiger partial charge in [-0.15, -0.1) is 0 Å². The van der Waals surface area contributed by atoms with Crippen molar-refractivity contribution in [2.45, 2.75) is 19.3 Å². The highest BCUT2D eigenvalue weighted by atomic mass is 16.5. The van der Waals surface area contributed by atoms with E-state index in [1.165, 1.54) is 0 Å². The number of imidazole rings is 1. The van der Waals surface area contributed by atoms with E-state index in [4.69, 9.17) is 9.72 Å². The number of fused-ring (bicyclic) bond motifs is 1. The molecule has 0 unspecified atom stereocenters. The lowest BCUT2D eigenvalue weighted by Crippen LogP contribution is -2.27. The third-order valence-corrected chi connectivity index (χ3v) is 5.63. The SMILES string of the molecule is O=C(c1cc(-c2cccc(OCCc3ncc[nH]3)c2)nc2ccccc12)N1CCCC1. The first-order valence-electron chi connectivity index (χ1n) is 10.7. The molecule has 2 aromatic carbocycles. The van der Waals surface area contributed by atoms with Gasteiger partial charge in [-0.3, -0.25) is 4.79 Å². The molecular formula is C25H24N4O2. The molecule has 5 rings (SSSR count). The number of nitrogens with one attached hydrogen (secondary N) is 1. The Morgan fingerprint density at radius 3 is 2.77 bits per heavy atom. The fourth-order valence-electron chi connectivity index (χ4n) is 4.04. The van der Waals surface area contributed by atoms with Gasteiger partial charge >= 0.3 is 0 Å². The molecule has 0 spiro atoms. The van der Waals surface area contributed by atoms with Gasteiger partial charge in [0.25, 0.3) is 5.91 Å². The van der Waals surface area contributed by atoms with Gasteiger partial charge in [0.2, 0.25) is 0 Å². The number of carbonyl (C=O) groups excluding carboxylic acids is 1. The molecule has 4 aromatic rings. The molecule has 156 valence electrons. The highest BCUT2D eigenvalue weighted by Gasteiger charge is 2.22. The summed E-state index contributed by atoms with van der Waals surface area (Å²) in [6.07, 6.45) is 6.39.